The standard InChI is InChI=1S/C10H10N4O2/c11-6-4-12-14-8(5-1-2-5)3-7(10(15)16)13-9(6)14/h3-5H,1-2,11H2,(H,15,16). The first kappa shape index (κ1) is 9.14. The first-order chi connectivity index (χ1) is 7.66. The number of carboxylic acids is 1. The number of carboxylic acid groups (broad SMARTS) is 1. The highest BCUT2D eigenvalue weighted by atomic mass is 16.4. The molecule has 16 heavy (non-hydrogen) atoms. The maximum atomic E-state index is 10.9. The van der Waals surface area contributed by atoms with Gasteiger partial charge in [0.2, 0.25) is 0 Å². The monoisotopic (exact) mass is 218 g/mol. The predicted molar refractivity (Wildman–Crippen MR) is 56.3 cm³/mol. The van der Waals surface area contributed by atoms with E-state index in [2.05, 4.69) is 10.1 Å². The Morgan fingerprint density at radius 1 is 1.56 bits per heavy atom. The summed E-state index contributed by atoms with van der Waals surface area (Å²) in [7, 11) is 0. The van der Waals surface area contributed by atoms with Crippen molar-refractivity contribution >= 4 is 17.3 Å². The molecule has 0 saturated heterocycles. The molecule has 1 saturated carbocycles. The van der Waals surface area contributed by atoms with Gasteiger partial charge in [-0.2, -0.15) is 5.10 Å². The van der Waals surface area contributed by atoms with Crippen LogP contribution in [0, 0.1) is 0 Å². The molecule has 6 heteroatoms. The van der Waals surface area contributed by atoms with E-state index in [0.29, 0.717) is 17.3 Å². The summed E-state index contributed by atoms with van der Waals surface area (Å²) < 4.78 is 1.64. The summed E-state index contributed by atoms with van der Waals surface area (Å²) in [4.78, 5) is 14.9. The summed E-state index contributed by atoms with van der Waals surface area (Å²) in [6.45, 7) is 0. The zero-order chi connectivity index (χ0) is 11.3. The fourth-order valence-corrected chi connectivity index (χ4v) is 1.78. The van der Waals surface area contributed by atoms with E-state index in [1.54, 1.807) is 10.6 Å². The Balaban J connectivity index is 2.32. The van der Waals surface area contributed by atoms with Gasteiger partial charge in [0, 0.05) is 5.92 Å². The molecular weight excluding hydrogens is 208 g/mol. The molecule has 3 rings (SSSR count). The highest BCUT2D eigenvalue weighted by molar-refractivity contribution is 5.86. The molecule has 3 N–H and O–H groups in total. The second kappa shape index (κ2) is 2.94. The minimum Gasteiger partial charge on any atom is -0.477 e. The van der Waals surface area contributed by atoms with Gasteiger partial charge in [-0.25, -0.2) is 14.3 Å². The van der Waals surface area contributed by atoms with Gasteiger partial charge in [0.05, 0.1) is 17.6 Å². The molecule has 0 radical (unpaired) electrons. The molecule has 82 valence electrons. The van der Waals surface area contributed by atoms with Crippen LogP contribution in [0.4, 0.5) is 5.69 Å². The van der Waals surface area contributed by atoms with E-state index in [1.165, 1.54) is 6.20 Å². The maximum absolute atomic E-state index is 10.9. The number of nitrogens with two attached hydrogens (primary N) is 1. The summed E-state index contributed by atoms with van der Waals surface area (Å²) in [5.41, 5.74) is 7.45. The Morgan fingerprint density at radius 2 is 2.31 bits per heavy atom. The second-order valence-corrected chi connectivity index (χ2v) is 3.98. The molecule has 0 spiro atoms. The van der Waals surface area contributed by atoms with Crippen LogP contribution in [0.25, 0.3) is 5.65 Å². The number of hydrogen-bond acceptors (Lipinski definition) is 4. The van der Waals surface area contributed by atoms with Crippen LogP contribution >= 0.6 is 0 Å². The number of anilines is 1. The summed E-state index contributed by atoms with van der Waals surface area (Å²) in [5.74, 6) is -0.645. The first-order valence-corrected chi connectivity index (χ1v) is 5.04. The minimum atomic E-state index is -1.04. The van der Waals surface area contributed by atoms with Crippen LogP contribution in [0.5, 0.6) is 0 Å². The van der Waals surface area contributed by atoms with Crippen LogP contribution in [0.15, 0.2) is 12.3 Å². The number of fused-ring (bicyclic) bond motifs is 1. The highest BCUT2D eigenvalue weighted by Gasteiger charge is 2.28. The van der Waals surface area contributed by atoms with Crippen molar-refractivity contribution in [1.82, 2.24) is 14.6 Å². The largest absolute Gasteiger partial charge is 0.477 e. The average molecular weight is 218 g/mol. The van der Waals surface area contributed by atoms with Crippen LogP contribution in [0.2, 0.25) is 0 Å². The van der Waals surface area contributed by atoms with Crippen molar-refractivity contribution in [2.24, 2.45) is 0 Å². The molecule has 2 aromatic rings. The van der Waals surface area contributed by atoms with Gasteiger partial charge in [0.1, 0.15) is 0 Å². The summed E-state index contributed by atoms with van der Waals surface area (Å²) in [5, 5.41) is 13.1. The van der Waals surface area contributed by atoms with Crippen LogP contribution in [0.1, 0.15) is 34.9 Å². The van der Waals surface area contributed by atoms with Crippen LogP contribution < -0.4 is 5.73 Å². The normalized spacial score (nSPS) is 15.5. The lowest BCUT2D eigenvalue weighted by Gasteiger charge is -2.04. The van der Waals surface area contributed by atoms with Crippen LogP contribution in [-0.4, -0.2) is 25.7 Å². The van der Waals surface area contributed by atoms with Crippen molar-refractivity contribution in [2.75, 3.05) is 5.73 Å². The highest BCUT2D eigenvalue weighted by Crippen LogP contribution is 2.40. The van der Waals surface area contributed by atoms with Crippen molar-refractivity contribution in [3.8, 4) is 0 Å². The molecule has 2 heterocycles. The number of carbonyl (C=O) groups is 1. The van der Waals surface area contributed by atoms with E-state index in [0.717, 1.165) is 18.5 Å². The van der Waals surface area contributed by atoms with Gasteiger partial charge in [-0.15, -0.1) is 0 Å². The van der Waals surface area contributed by atoms with E-state index in [1.807, 2.05) is 0 Å². The molecule has 6 nitrogen and oxygen atoms in total. The quantitative estimate of drug-likeness (QED) is 0.780. The first-order valence-electron chi connectivity index (χ1n) is 5.04. The lowest BCUT2D eigenvalue weighted by atomic mass is 10.2. The second-order valence-electron chi connectivity index (χ2n) is 3.98. The average Bonchev–Trinajstić information content (AvgIpc) is 3.03. The van der Waals surface area contributed by atoms with E-state index in [4.69, 9.17) is 10.8 Å². The minimum absolute atomic E-state index is 0.0293. The summed E-state index contributed by atoms with van der Waals surface area (Å²) >= 11 is 0. The fourth-order valence-electron chi connectivity index (χ4n) is 1.78. The summed E-state index contributed by atoms with van der Waals surface area (Å²) in [6, 6.07) is 1.58. The van der Waals surface area contributed by atoms with Crippen molar-refractivity contribution < 1.29 is 9.90 Å². The van der Waals surface area contributed by atoms with Crippen molar-refractivity contribution in [3.05, 3.63) is 23.7 Å². The molecule has 0 unspecified atom stereocenters. The van der Waals surface area contributed by atoms with Gasteiger partial charge in [0.15, 0.2) is 11.3 Å². The molecule has 0 aromatic carbocycles. The molecule has 1 fully saturated rings. The number of nitrogen functional groups attached to an aromatic ring is 1. The Labute approximate surface area is 90.7 Å². The van der Waals surface area contributed by atoms with Gasteiger partial charge >= 0.3 is 5.97 Å². The third-order valence-electron chi connectivity index (χ3n) is 2.74. The lowest BCUT2D eigenvalue weighted by molar-refractivity contribution is 0.0690. The van der Waals surface area contributed by atoms with E-state index in [9.17, 15) is 4.79 Å². The fraction of sp³-hybridized carbons (Fsp3) is 0.300. The molecular formula is C10H10N4O2. The SMILES string of the molecule is Nc1cnn2c(C3CC3)cc(C(=O)O)nc12. The molecule has 0 amide bonds. The van der Waals surface area contributed by atoms with Crippen molar-refractivity contribution in [2.45, 2.75) is 18.8 Å². The van der Waals surface area contributed by atoms with E-state index < -0.39 is 5.97 Å². The number of aromatic carboxylic acids is 1. The topological polar surface area (TPSA) is 93.5 Å². The Morgan fingerprint density at radius 3 is 2.94 bits per heavy atom. The van der Waals surface area contributed by atoms with E-state index in [-0.39, 0.29) is 5.69 Å². The predicted octanol–water partition coefficient (Wildman–Crippen LogP) is 0.887. The maximum Gasteiger partial charge on any atom is 0.354 e. The molecule has 1 aliphatic rings. The third kappa shape index (κ3) is 1.23. The molecule has 2 aromatic heterocycles. The summed E-state index contributed by atoms with van der Waals surface area (Å²) in [6.07, 6.45) is 3.63. The lowest BCUT2D eigenvalue weighted by Crippen LogP contribution is -2.07. The van der Waals surface area contributed by atoms with Gasteiger partial charge in [-0.05, 0) is 18.9 Å². The Hall–Kier alpha value is -2.11. The zero-order valence-electron chi connectivity index (χ0n) is 8.42. The van der Waals surface area contributed by atoms with Crippen molar-refractivity contribution in [3.63, 3.8) is 0 Å². The van der Waals surface area contributed by atoms with Gasteiger partial charge in [-0.3, -0.25) is 0 Å². The smallest absolute Gasteiger partial charge is 0.354 e. The number of hydrogen-bond donors (Lipinski definition) is 2. The number of aromatic nitrogens is 3. The molecule has 1 aliphatic carbocycles. The van der Waals surface area contributed by atoms with Gasteiger partial charge < -0.3 is 10.8 Å². The molecule has 0 atom stereocenters. The zero-order valence-corrected chi connectivity index (χ0v) is 8.42. The Bertz CT molecular complexity index is 586. The van der Waals surface area contributed by atoms with E-state index >= 15 is 0 Å². The van der Waals surface area contributed by atoms with Gasteiger partial charge in [-0.1, -0.05) is 0 Å². The Kier molecular flexibility index (Phi) is 1.68. The van der Waals surface area contributed by atoms with Crippen LogP contribution in [-0.2, 0) is 0 Å². The number of nitrogens with zero attached hydrogens (tertiary/aromatic N) is 3. The number of rotatable bonds is 2. The van der Waals surface area contributed by atoms with Gasteiger partial charge in [0.25, 0.3) is 0 Å². The van der Waals surface area contributed by atoms with Crippen molar-refractivity contribution in [1.29, 1.82) is 0 Å². The third-order valence-corrected chi connectivity index (χ3v) is 2.74. The molecule has 0 aliphatic heterocycles. The molecule has 0 bridgehead atoms. The van der Waals surface area contributed by atoms with Crippen LogP contribution in [0.3, 0.4) is 0 Å².